The van der Waals surface area contributed by atoms with E-state index in [0.29, 0.717) is 12.5 Å². The molecule has 2 rings (SSSR count). The molecular weight excluding hydrogens is 228 g/mol. The van der Waals surface area contributed by atoms with Crippen molar-refractivity contribution in [3.05, 3.63) is 41.3 Å². The molecule has 6 nitrogen and oxygen atoms in total. The molecule has 0 fully saturated rings. The lowest BCUT2D eigenvalue weighted by atomic mass is 10.3. The number of nitrogens with one attached hydrogen (secondary N) is 2. The van der Waals surface area contributed by atoms with Crippen molar-refractivity contribution in [1.82, 2.24) is 15.0 Å². The molecule has 0 aliphatic heterocycles. The number of nitrogen functional groups attached to an aromatic ring is 1. The molecule has 0 aliphatic rings. The quantitative estimate of drug-likeness (QED) is 0.556. The molecule has 0 radical (unpaired) electrons. The van der Waals surface area contributed by atoms with Crippen LogP contribution in [-0.4, -0.2) is 15.0 Å². The van der Waals surface area contributed by atoms with Gasteiger partial charge in [0.25, 0.3) is 0 Å². The number of aryl methyl sites for hydroxylation is 2. The summed E-state index contributed by atoms with van der Waals surface area (Å²) < 4.78 is 0. The summed E-state index contributed by atoms with van der Waals surface area (Å²) in [6.07, 6.45) is 1.72. The fourth-order valence-electron chi connectivity index (χ4n) is 1.56. The van der Waals surface area contributed by atoms with Crippen LogP contribution in [0.3, 0.4) is 0 Å². The Balaban J connectivity index is 2.10. The first-order valence-corrected chi connectivity index (χ1v) is 5.65. The lowest BCUT2D eigenvalue weighted by Gasteiger charge is -2.09. The molecule has 2 heterocycles. The highest BCUT2D eigenvalue weighted by atomic mass is 15.3. The molecule has 0 saturated carbocycles. The molecule has 0 aliphatic carbocycles. The lowest BCUT2D eigenvalue weighted by molar-refractivity contribution is 0.988. The first-order chi connectivity index (χ1) is 8.69. The van der Waals surface area contributed by atoms with Gasteiger partial charge in [0.15, 0.2) is 0 Å². The predicted molar refractivity (Wildman–Crippen MR) is 70.9 cm³/mol. The van der Waals surface area contributed by atoms with Crippen LogP contribution in [0.25, 0.3) is 0 Å². The largest absolute Gasteiger partial charge is 0.364 e. The number of nitrogens with zero attached hydrogens (tertiary/aromatic N) is 3. The number of hydrazine groups is 1. The van der Waals surface area contributed by atoms with Gasteiger partial charge in [0.2, 0.25) is 5.95 Å². The monoisotopic (exact) mass is 244 g/mol. The van der Waals surface area contributed by atoms with Gasteiger partial charge in [0, 0.05) is 17.5 Å². The van der Waals surface area contributed by atoms with Gasteiger partial charge in [0.05, 0.1) is 12.2 Å². The molecule has 0 amide bonds. The van der Waals surface area contributed by atoms with Gasteiger partial charge in [-0.3, -0.25) is 10.4 Å². The van der Waals surface area contributed by atoms with Crippen molar-refractivity contribution in [3.8, 4) is 0 Å². The summed E-state index contributed by atoms with van der Waals surface area (Å²) in [4.78, 5) is 12.7. The molecular formula is C12H16N6. The van der Waals surface area contributed by atoms with E-state index in [1.807, 2.05) is 32.0 Å². The molecule has 18 heavy (non-hydrogen) atoms. The van der Waals surface area contributed by atoms with Crippen LogP contribution in [0.2, 0.25) is 0 Å². The first-order valence-electron chi connectivity index (χ1n) is 5.65. The van der Waals surface area contributed by atoms with Crippen LogP contribution < -0.4 is 16.6 Å². The Hall–Kier alpha value is -2.21. The van der Waals surface area contributed by atoms with E-state index in [9.17, 15) is 0 Å². The van der Waals surface area contributed by atoms with E-state index in [1.165, 1.54) is 0 Å². The van der Waals surface area contributed by atoms with Crippen LogP contribution >= 0.6 is 0 Å². The van der Waals surface area contributed by atoms with Crippen molar-refractivity contribution in [2.45, 2.75) is 20.4 Å². The summed E-state index contributed by atoms with van der Waals surface area (Å²) in [6.45, 7) is 4.52. The number of rotatable bonds is 4. The highest BCUT2D eigenvalue weighted by molar-refractivity contribution is 5.46. The number of anilines is 2. The Kier molecular flexibility index (Phi) is 3.69. The summed E-state index contributed by atoms with van der Waals surface area (Å²) in [5.41, 5.74) is 5.35. The zero-order valence-corrected chi connectivity index (χ0v) is 10.4. The van der Waals surface area contributed by atoms with Crippen molar-refractivity contribution < 1.29 is 0 Å². The average Bonchev–Trinajstić information content (AvgIpc) is 2.38. The minimum absolute atomic E-state index is 0.389. The molecule has 2 aromatic heterocycles. The standard InChI is InChI=1S/C12H16N6/c1-8-6-15-12(18-13)17-11(8)14-7-10-5-3-4-9(2)16-10/h3-6H,7,13H2,1-2H3,(H2,14,15,17,18). The molecule has 6 heteroatoms. The number of pyridine rings is 1. The molecule has 0 saturated heterocycles. The Labute approximate surface area is 106 Å². The molecule has 0 spiro atoms. The number of hydrogen-bond donors (Lipinski definition) is 3. The Morgan fingerprint density at radius 3 is 2.78 bits per heavy atom. The minimum atomic E-state index is 0.389. The van der Waals surface area contributed by atoms with E-state index < -0.39 is 0 Å². The van der Waals surface area contributed by atoms with Crippen molar-refractivity contribution >= 4 is 11.8 Å². The van der Waals surface area contributed by atoms with Crippen molar-refractivity contribution in [3.63, 3.8) is 0 Å². The van der Waals surface area contributed by atoms with Gasteiger partial charge in [-0.25, -0.2) is 10.8 Å². The maximum absolute atomic E-state index is 5.28. The topological polar surface area (TPSA) is 88.8 Å². The van der Waals surface area contributed by atoms with E-state index in [4.69, 9.17) is 5.84 Å². The van der Waals surface area contributed by atoms with Gasteiger partial charge in [0.1, 0.15) is 5.82 Å². The fourth-order valence-corrected chi connectivity index (χ4v) is 1.56. The molecule has 2 aromatic rings. The maximum atomic E-state index is 5.28. The first kappa shape index (κ1) is 12.3. The van der Waals surface area contributed by atoms with Gasteiger partial charge < -0.3 is 5.32 Å². The second-order valence-electron chi connectivity index (χ2n) is 3.99. The third kappa shape index (κ3) is 2.92. The Morgan fingerprint density at radius 1 is 1.22 bits per heavy atom. The van der Waals surface area contributed by atoms with E-state index >= 15 is 0 Å². The smallest absolute Gasteiger partial charge is 0.239 e. The highest BCUT2D eigenvalue weighted by Gasteiger charge is 2.03. The van der Waals surface area contributed by atoms with E-state index in [2.05, 4.69) is 25.7 Å². The second-order valence-corrected chi connectivity index (χ2v) is 3.99. The number of hydrogen-bond acceptors (Lipinski definition) is 6. The summed E-state index contributed by atoms with van der Waals surface area (Å²) >= 11 is 0. The van der Waals surface area contributed by atoms with Crippen LogP contribution in [0, 0.1) is 13.8 Å². The normalized spacial score (nSPS) is 10.2. The fraction of sp³-hybridized carbons (Fsp3) is 0.250. The van der Waals surface area contributed by atoms with E-state index in [0.717, 1.165) is 22.8 Å². The van der Waals surface area contributed by atoms with Gasteiger partial charge in [-0.05, 0) is 26.0 Å². The van der Waals surface area contributed by atoms with Crippen LogP contribution in [-0.2, 0) is 6.54 Å². The third-order valence-electron chi connectivity index (χ3n) is 2.48. The maximum Gasteiger partial charge on any atom is 0.239 e. The molecule has 4 N–H and O–H groups in total. The number of aromatic nitrogens is 3. The lowest BCUT2D eigenvalue weighted by Crippen LogP contribution is -2.13. The highest BCUT2D eigenvalue weighted by Crippen LogP contribution is 2.12. The zero-order chi connectivity index (χ0) is 13.0. The van der Waals surface area contributed by atoms with E-state index in [1.54, 1.807) is 6.20 Å². The SMILES string of the molecule is Cc1cccc(CNc2nc(NN)ncc2C)n1. The summed E-state index contributed by atoms with van der Waals surface area (Å²) in [6, 6.07) is 5.92. The van der Waals surface area contributed by atoms with Crippen molar-refractivity contribution in [2.75, 3.05) is 10.7 Å². The predicted octanol–water partition coefficient (Wildman–Crippen LogP) is 1.39. The van der Waals surface area contributed by atoms with Crippen molar-refractivity contribution in [2.24, 2.45) is 5.84 Å². The third-order valence-corrected chi connectivity index (χ3v) is 2.48. The van der Waals surface area contributed by atoms with Crippen LogP contribution in [0.15, 0.2) is 24.4 Å². The van der Waals surface area contributed by atoms with Crippen LogP contribution in [0.1, 0.15) is 17.0 Å². The average molecular weight is 244 g/mol. The van der Waals surface area contributed by atoms with E-state index in [-0.39, 0.29) is 0 Å². The van der Waals surface area contributed by atoms with Gasteiger partial charge in [-0.1, -0.05) is 6.07 Å². The van der Waals surface area contributed by atoms with Gasteiger partial charge in [-0.15, -0.1) is 0 Å². The molecule has 0 atom stereocenters. The van der Waals surface area contributed by atoms with Crippen LogP contribution in [0.5, 0.6) is 0 Å². The molecule has 94 valence electrons. The molecule has 0 bridgehead atoms. The number of nitrogens with two attached hydrogens (primary N) is 1. The van der Waals surface area contributed by atoms with Gasteiger partial charge in [-0.2, -0.15) is 4.98 Å². The summed E-state index contributed by atoms with van der Waals surface area (Å²) in [7, 11) is 0. The zero-order valence-electron chi connectivity index (χ0n) is 10.4. The molecule has 0 unspecified atom stereocenters. The summed E-state index contributed by atoms with van der Waals surface area (Å²) in [5, 5.41) is 3.22. The Bertz CT molecular complexity index is 540. The minimum Gasteiger partial charge on any atom is -0.364 e. The summed E-state index contributed by atoms with van der Waals surface area (Å²) in [5.74, 6) is 6.42. The van der Waals surface area contributed by atoms with Crippen molar-refractivity contribution in [1.29, 1.82) is 0 Å². The van der Waals surface area contributed by atoms with Crippen LogP contribution in [0.4, 0.5) is 11.8 Å². The molecule has 0 aromatic carbocycles. The second kappa shape index (κ2) is 5.42. The Morgan fingerprint density at radius 2 is 2.06 bits per heavy atom. The van der Waals surface area contributed by atoms with Gasteiger partial charge >= 0.3 is 0 Å².